The van der Waals surface area contributed by atoms with Crippen molar-refractivity contribution >= 4 is 79.9 Å². The van der Waals surface area contributed by atoms with Crippen molar-refractivity contribution in [2.45, 2.75) is 37.3 Å². The summed E-state index contributed by atoms with van der Waals surface area (Å²) in [7, 11) is 0. The maximum Gasteiger partial charge on any atom is 0.348 e. The van der Waals surface area contributed by atoms with Crippen molar-refractivity contribution < 1.29 is 28.7 Å². The number of hydrogen-bond donors (Lipinski definition) is 2. The highest BCUT2D eigenvalue weighted by molar-refractivity contribution is 8.02. The minimum Gasteiger partial charge on any atom is -0.462 e. The third-order valence-corrected chi connectivity index (χ3v) is 8.26. The van der Waals surface area contributed by atoms with Gasteiger partial charge in [0.2, 0.25) is 11.0 Å². The van der Waals surface area contributed by atoms with Crippen molar-refractivity contribution in [3.05, 3.63) is 50.9 Å². The van der Waals surface area contributed by atoms with E-state index in [4.69, 9.17) is 21.1 Å². The van der Waals surface area contributed by atoms with Gasteiger partial charge in [-0.3, -0.25) is 14.9 Å². The molecule has 14 heteroatoms. The number of nitrogens with zero attached hydrogens (tertiary/aromatic N) is 2. The van der Waals surface area contributed by atoms with Crippen molar-refractivity contribution in [1.82, 2.24) is 10.2 Å². The number of ether oxygens (including phenoxy) is 2. The summed E-state index contributed by atoms with van der Waals surface area (Å²) in [6.45, 7) is 6.90. The number of thioether (sulfide) groups is 1. The molecule has 10 nitrogen and oxygen atoms in total. The fraction of sp³-hybridized carbons (Fsp3) is 0.304. The van der Waals surface area contributed by atoms with E-state index < -0.39 is 29.0 Å². The standard InChI is InChI=1S/C23H23ClN4O6S3/c1-5-33-20(31)15-11(3)16(21(32)34-6-2)36-19(15)25-17(29)12(4)35-23-28-27-22(37-23)26-18(30)13-9-7-8-10-14(13)24/h7-10,12H,5-6H2,1-4H3,(H,25,29)(H,26,27,30). The van der Waals surface area contributed by atoms with E-state index in [-0.39, 0.29) is 33.8 Å². The van der Waals surface area contributed by atoms with Gasteiger partial charge >= 0.3 is 11.9 Å². The van der Waals surface area contributed by atoms with Gasteiger partial charge in [0.1, 0.15) is 9.88 Å². The van der Waals surface area contributed by atoms with Gasteiger partial charge in [-0.1, -0.05) is 46.8 Å². The van der Waals surface area contributed by atoms with E-state index in [2.05, 4.69) is 20.8 Å². The summed E-state index contributed by atoms with van der Waals surface area (Å²) < 4.78 is 10.6. The van der Waals surface area contributed by atoms with Gasteiger partial charge in [0, 0.05) is 0 Å². The Morgan fingerprint density at radius 3 is 2.38 bits per heavy atom. The molecule has 0 aliphatic heterocycles. The van der Waals surface area contributed by atoms with Gasteiger partial charge in [-0.05, 0) is 45.4 Å². The first-order valence-corrected chi connectivity index (χ1v) is 13.9. The zero-order valence-corrected chi connectivity index (χ0v) is 23.5. The van der Waals surface area contributed by atoms with E-state index in [0.29, 0.717) is 20.5 Å². The molecule has 0 aliphatic rings. The van der Waals surface area contributed by atoms with Crippen LogP contribution >= 0.6 is 46.0 Å². The number of hydrogen-bond acceptors (Lipinski definition) is 11. The molecule has 196 valence electrons. The summed E-state index contributed by atoms with van der Waals surface area (Å²) in [5, 5.41) is 13.4. The van der Waals surface area contributed by atoms with E-state index in [1.807, 2.05) is 0 Å². The van der Waals surface area contributed by atoms with Crippen LogP contribution in [0, 0.1) is 6.92 Å². The van der Waals surface area contributed by atoms with Crippen LogP contribution in [-0.4, -0.2) is 52.4 Å². The number of rotatable bonds is 10. The van der Waals surface area contributed by atoms with Gasteiger partial charge in [-0.2, -0.15) is 0 Å². The molecule has 2 heterocycles. The SMILES string of the molecule is CCOC(=O)c1sc(NC(=O)C(C)Sc2nnc(NC(=O)c3ccccc3Cl)s2)c(C(=O)OCC)c1C. The molecule has 2 aromatic heterocycles. The number of benzene rings is 1. The predicted octanol–water partition coefficient (Wildman–Crippen LogP) is 5.29. The van der Waals surface area contributed by atoms with Crippen LogP contribution in [-0.2, 0) is 14.3 Å². The minimum atomic E-state index is -0.649. The highest BCUT2D eigenvalue weighted by atomic mass is 35.5. The number of thiophene rings is 1. The van der Waals surface area contributed by atoms with Crippen LogP contribution in [0.25, 0.3) is 0 Å². The summed E-state index contributed by atoms with van der Waals surface area (Å²) in [5.41, 5.74) is 0.786. The molecule has 37 heavy (non-hydrogen) atoms. The minimum absolute atomic E-state index is 0.112. The lowest BCUT2D eigenvalue weighted by atomic mass is 10.1. The number of carbonyl (C=O) groups is 4. The van der Waals surface area contributed by atoms with E-state index in [9.17, 15) is 19.2 Å². The van der Waals surface area contributed by atoms with Crippen LogP contribution in [0.4, 0.5) is 10.1 Å². The van der Waals surface area contributed by atoms with Crippen LogP contribution in [0.3, 0.4) is 0 Å². The molecule has 1 atom stereocenters. The van der Waals surface area contributed by atoms with E-state index in [0.717, 1.165) is 34.4 Å². The lowest BCUT2D eigenvalue weighted by molar-refractivity contribution is -0.115. The Balaban J connectivity index is 1.70. The second-order valence-electron chi connectivity index (χ2n) is 7.26. The lowest BCUT2D eigenvalue weighted by Crippen LogP contribution is -2.23. The highest BCUT2D eigenvalue weighted by Gasteiger charge is 2.28. The molecule has 1 aromatic carbocycles. The van der Waals surface area contributed by atoms with E-state index in [1.54, 1.807) is 52.0 Å². The summed E-state index contributed by atoms with van der Waals surface area (Å²) in [6.07, 6.45) is 0. The molecule has 2 amide bonds. The van der Waals surface area contributed by atoms with Crippen LogP contribution in [0.15, 0.2) is 28.6 Å². The molecule has 1 unspecified atom stereocenters. The number of halogens is 1. The summed E-state index contributed by atoms with van der Waals surface area (Å²) in [6, 6.07) is 6.61. The van der Waals surface area contributed by atoms with Crippen LogP contribution < -0.4 is 10.6 Å². The number of carbonyl (C=O) groups excluding carboxylic acids is 4. The highest BCUT2D eigenvalue weighted by Crippen LogP contribution is 2.36. The number of esters is 2. The Morgan fingerprint density at radius 2 is 1.70 bits per heavy atom. The first-order valence-electron chi connectivity index (χ1n) is 11.0. The van der Waals surface area contributed by atoms with E-state index in [1.165, 1.54) is 0 Å². The largest absolute Gasteiger partial charge is 0.462 e. The number of amides is 2. The zero-order chi connectivity index (χ0) is 27.1. The molecular formula is C23H23ClN4O6S3. The average molecular weight is 583 g/mol. The molecule has 0 fully saturated rings. The normalized spacial score (nSPS) is 11.5. The Hall–Kier alpha value is -3.00. The third-order valence-electron chi connectivity index (χ3n) is 4.72. The predicted molar refractivity (Wildman–Crippen MR) is 144 cm³/mol. The monoisotopic (exact) mass is 582 g/mol. The molecule has 0 spiro atoms. The summed E-state index contributed by atoms with van der Waals surface area (Å²) in [5.74, 6) is -2.09. The molecule has 3 rings (SSSR count). The number of nitrogens with one attached hydrogen (secondary N) is 2. The van der Waals surface area contributed by atoms with Gasteiger partial charge in [0.25, 0.3) is 5.91 Å². The van der Waals surface area contributed by atoms with Crippen LogP contribution in [0.1, 0.15) is 56.7 Å². The molecule has 0 radical (unpaired) electrons. The molecule has 2 N–H and O–H groups in total. The van der Waals surface area contributed by atoms with Crippen LogP contribution in [0.2, 0.25) is 5.02 Å². The van der Waals surface area contributed by atoms with Gasteiger partial charge < -0.3 is 14.8 Å². The summed E-state index contributed by atoms with van der Waals surface area (Å²) in [4.78, 5) is 50.5. The average Bonchev–Trinajstić information content (AvgIpc) is 3.42. The van der Waals surface area contributed by atoms with Gasteiger partial charge in [0.05, 0.1) is 34.6 Å². The first kappa shape index (κ1) is 28.6. The zero-order valence-electron chi connectivity index (χ0n) is 20.2. The lowest BCUT2D eigenvalue weighted by Gasteiger charge is -2.10. The maximum atomic E-state index is 13.0. The quantitative estimate of drug-likeness (QED) is 0.186. The molecule has 0 aliphatic carbocycles. The Labute approximate surface area is 230 Å². The fourth-order valence-electron chi connectivity index (χ4n) is 2.98. The summed E-state index contributed by atoms with van der Waals surface area (Å²) >= 11 is 9.22. The number of aromatic nitrogens is 2. The van der Waals surface area contributed by atoms with Crippen molar-refractivity contribution in [3.63, 3.8) is 0 Å². The molecular weight excluding hydrogens is 560 g/mol. The van der Waals surface area contributed by atoms with E-state index >= 15 is 0 Å². The molecule has 0 saturated carbocycles. The van der Waals surface area contributed by atoms with Crippen LogP contribution in [0.5, 0.6) is 0 Å². The third kappa shape index (κ3) is 7.06. The molecule has 0 bridgehead atoms. The van der Waals surface area contributed by atoms with Crippen molar-refractivity contribution in [3.8, 4) is 0 Å². The smallest absolute Gasteiger partial charge is 0.348 e. The second-order valence-corrected chi connectivity index (χ2v) is 11.3. The molecule has 0 saturated heterocycles. The Morgan fingerprint density at radius 1 is 1.03 bits per heavy atom. The second kappa shape index (κ2) is 13.0. The fourth-order valence-corrected chi connectivity index (χ4v) is 6.18. The maximum absolute atomic E-state index is 13.0. The Bertz CT molecular complexity index is 1330. The number of anilines is 2. The molecule has 3 aromatic rings. The topological polar surface area (TPSA) is 137 Å². The van der Waals surface area contributed by atoms with Crippen molar-refractivity contribution in [1.29, 1.82) is 0 Å². The van der Waals surface area contributed by atoms with Gasteiger partial charge in [-0.25, -0.2) is 9.59 Å². The van der Waals surface area contributed by atoms with Crippen molar-refractivity contribution in [2.75, 3.05) is 23.8 Å². The van der Waals surface area contributed by atoms with Crippen molar-refractivity contribution in [2.24, 2.45) is 0 Å². The first-order chi connectivity index (χ1) is 17.7. The van der Waals surface area contributed by atoms with Gasteiger partial charge in [-0.15, -0.1) is 21.5 Å². The Kier molecular flexibility index (Phi) is 10.0. The van der Waals surface area contributed by atoms with Gasteiger partial charge in [0.15, 0.2) is 4.34 Å².